The standard InChI is InChI=1S/C9H20N/c1-6-8(10-7-2)9(3,4)5/h7-8,10H,6H2,1-5H3. The van der Waals surface area contributed by atoms with E-state index in [9.17, 15) is 0 Å². The average molecular weight is 142 g/mol. The Labute approximate surface area is 65.2 Å². The zero-order valence-corrected chi connectivity index (χ0v) is 7.86. The van der Waals surface area contributed by atoms with Gasteiger partial charge in [0, 0.05) is 12.6 Å². The molecular weight excluding hydrogens is 122 g/mol. The summed E-state index contributed by atoms with van der Waals surface area (Å²) in [4.78, 5) is 0. The molecule has 1 atom stereocenters. The fraction of sp³-hybridized carbons (Fsp3) is 0.889. The van der Waals surface area contributed by atoms with Gasteiger partial charge in [0.15, 0.2) is 0 Å². The van der Waals surface area contributed by atoms with Crippen molar-refractivity contribution in [2.24, 2.45) is 5.41 Å². The predicted octanol–water partition coefficient (Wildman–Crippen LogP) is 2.58. The van der Waals surface area contributed by atoms with Crippen LogP contribution in [0.4, 0.5) is 0 Å². The second kappa shape index (κ2) is 3.97. The van der Waals surface area contributed by atoms with Crippen molar-refractivity contribution in [3.05, 3.63) is 6.54 Å². The molecule has 1 unspecified atom stereocenters. The Bertz CT molecular complexity index is 81.2. The highest BCUT2D eigenvalue weighted by Gasteiger charge is 2.21. The summed E-state index contributed by atoms with van der Waals surface area (Å²) >= 11 is 0. The molecule has 0 aliphatic carbocycles. The summed E-state index contributed by atoms with van der Waals surface area (Å²) in [5, 5.41) is 3.35. The number of rotatable bonds is 3. The maximum Gasteiger partial charge on any atom is 0.0193 e. The normalized spacial score (nSPS) is 15.3. The Morgan fingerprint density at radius 2 is 1.90 bits per heavy atom. The van der Waals surface area contributed by atoms with Crippen molar-refractivity contribution in [3.8, 4) is 0 Å². The second-order valence-corrected chi connectivity index (χ2v) is 3.78. The molecule has 61 valence electrons. The van der Waals surface area contributed by atoms with Gasteiger partial charge in [-0.1, -0.05) is 27.7 Å². The van der Waals surface area contributed by atoms with Gasteiger partial charge in [-0.3, -0.25) is 0 Å². The predicted molar refractivity (Wildman–Crippen MR) is 46.6 cm³/mol. The molecule has 0 bridgehead atoms. The van der Waals surface area contributed by atoms with Crippen molar-refractivity contribution in [2.75, 3.05) is 0 Å². The third kappa shape index (κ3) is 3.21. The zero-order valence-electron chi connectivity index (χ0n) is 7.86. The molecule has 1 radical (unpaired) electrons. The molecule has 0 heterocycles. The minimum Gasteiger partial charge on any atom is -0.309 e. The van der Waals surface area contributed by atoms with E-state index in [1.54, 1.807) is 0 Å². The lowest BCUT2D eigenvalue weighted by Gasteiger charge is -2.30. The Morgan fingerprint density at radius 1 is 1.40 bits per heavy atom. The van der Waals surface area contributed by atoms with Crippen molar-refractivity contribution >= 4 is 0 Å². The Morgan fingerprint density at radius 3 is 2.00 bits per heavy atom. The molecule has 1 N–H and O–H groups in total. The van der Waals surface area contributed by atoms with Crippen molar-refractivity contribution in [2.45, 2.75) is 47.1 Å². The summed E-state index contributed by atoms with van der Waals surface area (Å²) in [5.41, 5.74) is 0.376. The van der Waals surface area contributed by atoms with Crippen molar-refractivity contribution < 1.29 is 0 Å². The van der Waals surface area contributed by atoms with Gasteiger partial charge in [0.25, 0.3) is 0 Å². The smallest absolute Gasteiger partial charge is 0.0193 e. The molecule has 0 amide bonds. The highest BCUT2D eigenvalue weighted by atomic mass is 14.9. The highest BCUT2D eigenvalue weighted by Crippen LogP contribution is 2.21. The monoisotopic (exact) mass is 142 g/mol. The summed E-state index contributed by atoms with van der Waals surface area (Å²) in [5.74, 6) is 0. The van der Waals surface area contributed by atoms with E-state index < -0.39 is 0 Å². The molecule has 0 spiro atoms. The van der Waals surface area contributed by atoms with Crippen LogP contribution < -0.4 is 5.32 Å². The van der Waals surface area contributed by atoms with Crippen LogP contribution >= 0.6 is 0 Å². The maximum absolute atomic E-state index is 3.35. The lowest BCUT2D eigenvalue weighted by Crippen LogP contribution is -2.37. The molecule has 1 heteroatoms. The van der Waals surface area contributed by atoms with Gasteiger partial charge >= 0.3 is 0 Å². The lowest BCUT2D eigenvalue weighted by atomic mass is 9.85. The molecule has 0 aromatic heterocycles. The van der Waals surface area contributed by atoms with E-state index in [2.05, 4.69) is 33.0 Å². The number of hydrogen-bond donors (Lipinski definition) is 1. The average Bonchev–Trinajstić information content (AvgIpc) is 1.80. The van der Waals surface area contributed by atoms with Crippen LogP contribution in [0.2, 0.25) is 0 Å². The first kappa shape index (κ1) is 9.96. The Hall–Kier alpha value is -0.0400. The molecule has 10 heavy (non-hydrogen) atoms. The molecule has 0 saturated heterocycles. The van der Waals surface area contributed by atoms with Crippen LogP contribution in [0, 0.1) is 12.0 Å². The van der Waals surface area contributed by atoms with Crippen molar-refractivity contribution in [3.63, 3.8) is 0 Å². The van der Waals surface area contributed by atoms with Crippen LogP contribution in [0.1, 0.15) is 41.0 Å². The molecule has 0 aliphatic heterocycles. The molecule has 0 fully saturated rings. The topological polar surface area (TPSA) is 12.0 Å². The van der Waals surface area contributed by atoms with Gasteiger partial charge in [-0.05, 0) is 18.8 Å². The van der Waals surface area contributed by atoms with Gasteiger partial charge in [0.05, 0.1) is 0 Å². The van der Waals surface area contributed by atoms with Crippen LogP contribution in [0.5, 0.6) is 0 Å². The van der Waals surface area contributed by atoms with E-state index in [-0.39, 0.29) is 0 Å². The first-order chi connectivity index (χ1) is 4.52. The van der Waals surface area contributed by atoms with Crippen LogP contribution in [0.15, 0.2) is 0 Å². The summed E-state index contributed by atoms with van der Waals surface area (Å²) in [6, 6.07) is 0.609. The van der Waals surface area contributed by atoms with E-state index in [1.807, 2.05) is 13.5 Å². The van der Waals surface area contributed by atoms with Gasteiger partial charge in [0.2, 0.25) is 0 Å². The van der Waals surface area contributed by atoms with E-state index in [4.69, 9.17) is 0 Å². The fourth-order valence-electron chi connectivity index (χ4n) is 1.18. The van der Waals surface area contributed by atoms with Crippen LogP contribution in [-0.2, 0) is 0 Å². The van der Waals surface area contributed by atoms with Gasteiger partial charge in [-0.25, -0.2) is 0 Å². The molecule has 0 rings (SSSR count). The molecule has 0 aromatic rings. The van der Waals surface area contributed by atoms with E-state index in [1.165, 1.54) is 6.42 Å². The molecule has 0 saturated carbocycles. The van der Waals surface area contributed by atoms with Crippen LogP contribution in [0.3, 0.4) is 0 Å². The summed E-state index contributed by atoms with van der Waals surface area (Å²) < 4.78 is 0. The van der Waals surface area contributed by atoms with Crippen molar-refractivity contribution in [1.82, 2.24) is 5.32 Å². The quantitative estimate of drug-likeness (QED) is 0.638. The van der Waals surface area contributed by atoms with Gasteiger partial charge in [-0.15, -0.1) is 0 Å². The zero-order chi connectivity index (χ0) is 8.20. The van der Waals surface area contributed by atoms with Gasteiger partial charge in [-0.2, -0.15) is 0 Å². The van der Waals surface area contributed by atoms with Crippen LogP contribution in [0.25, 0.3) is 0 Å². The molecule has 0 aliphatic rings. The fourth-order valence-corrected chi connectivity index (χ4v) is 1.18. The first-order valence-electron chi connectivity index (χ1n) is 4.06. The highest BCUT2D eigenvalue weighted by molar-refractivity contribution is 4.80. The van der Waals surface area contributed by atoms with Crippen LogP contribution in [-0.4, -0.2) is 6.04 Å². The molecule has 0 aromatic carbocycles. The minimum atomic E-state index is 0.376. The Kier molecular flexibility index (Phi) is 3.95. The van der Waals surface area contributed by atoms with Crippen molar-refractivity contribution in [1.29, 1.82) is 0 Å². The summed E-state index contributed by atoms with van der Waals surface area (Å²) in [7, 11) is 0. The SMILES string of the molecule is C[CH]NC(CC)C(C)(C)C. The first-order valence-corrected chi connectivity index (χ1v) is 4.06. The minimum absolute atomic E-state index is 0.376. The van der Waals surface area contributed by atoms with Gasteiger partial charge < -0.3 is 5.32 Å². The molecular formula is C9H20N. The lowest BCUT2D eigenvalue weighted by molar-refractivity contribution is 0.275. The maximum atomic E-state index is 3.35. The Balaban J connectivity index is 3.81. The second-order valence-electron chi connectivity index (χ2n) is 3.78. The van der Waals surface area contributed by atoms with Gasteiger partial charge in [0.1, 0.15) is 0 Å². The number of nitrogens with one attached hydrogen (secondary N) is 1. The summed E-state index contributed by atoms with van der Waals surface area (Å²) in [6.07, 6.45) is 1.19. The van der Waals surface area contributed by atoms with E-state index in [0.29, 0.717) is 11.5 Å². The third-order valence-corrected chi connectivity index (χ3v) is 1.82. The van der Waals surface area contributed by atoms with E-state index in [0.717, 1.165) is 0 Å². The summed E-state index contributed by atoms with van der Waals surface area (Å²) in [6.45, 7) is 13.1. The van der Waals surface area contributed by atoms with E-state index >= 15 is 0 Å². The largest absolute Gasteiger partial charge is 0.309 e. The number of hydrogen-bond acceptors (Lipinski definition) is 1. The molecule has 1 nitrogen and oxygen atoms in total. The third-order valence-electron chi connectivity index (χ3n) is 1.82.